The molecule has 5 nitrogen and oxygen atoms in total. The van der Waals surface area contributed by atoms with Crippen LogP contribution in [0.4, 0.5) is 10.1 Å². The van der Waals surface area contributed by atoms with Crippen LogP contribution in [0.2, 0.25) is 0 Å². The summed E-state index contributed by atoms with van der Waals surface area (Å²) in [4.78, 5) is 0.0121. The van der Waals surface area contributed by atoms with Crippen molar-refractivity contribution in [2.24, 2.45) is 0 Å². The van der Waals surface area contributed by atoms with Crippen molar-refractivity contribution >= 4 is 15.7 Å². The Bertz CT molecular complexity index is 821. The van der Waals surface area contributed by atoms with E-state index in [1.165, 1.54) is 24.3 Å². The lowest BCUT2D eigenvalue weighted by Gasteiger charge is -2.14. The fourth-order valence-electron chi connectivity index (χ4n) is 2.11. The summed E-state index contributed by atoms with van der Waals surface area (Å²) in [6, 6.07) is 8.29. The third-order valence-electron chi connectivity index (χ3n) is 3.27. The quantitative estimate of drug-likeness (QED) is 0.824. The highest BCUT2D eigenvalue weighted by Crippen LogP contribution is 2.31. The van der Waals surface area contributed by atoms with Gasteiger partial charge in [0.1, 0.15) is 5.82 Å². The van der Waals surface area contributed by atoms with Crippen molar-refractivity contribution in [3.63, 3.8) is 0 Å². The lowest BCUT2D eigenvalue weighted by molar-refractivity contribution is 0.287. The van der Waals surface area contributed by atoms with Crippen LogP contribution in [0.5, 0.6) is 11.5 Å². The topological polar surface area (TPSA) is 64.6 Å². The van der Waals surface area contributed by atoms with Crippen LogP contribution >= 0.6 is 0 Å². The van der Waals surface area contributed by atoms with Gasteiger partial charge in [-0.25, -0.2) is 12.8 Å². The van der Waals surface area contributed by atoms with Crippen molar-refractivity contribution in [3.05, 3.63) is 47.8 Å². The number of hydrogen-bond acceptors (Lipinski definition) is 4. The monoisotopic (exact) mass is 353 g/mol. The Morgan fingerprint density at radius 2 is 1.67 bits per heavy atom. The first-order valence-corrected chi connectivity index (χ1v) is 9.04. The molecule has 0 aliphatic carbocycles. The number of rotatable bonds is 7. The van der Waals surface area contributed by atoms with Gasteiger partial charge in [-0.3, -0.25) is 4.72 Å². The largest absolute Gasteiger partial charge is 0.490 e. The number of aryl methyl sites for hydroxylation is 1. The Morgan fingerprint density at radius 3 is 2.33 bits per heavy atom. The maximum absolute atomic E-state index is 13.4. The Labute approximate surface area is 141 Å². The van der Waals surface area contributed by atoms with E-state index in [4.69, 9.17) is 9.47 Å². The van der Waals surface area contributed by atoms with Crippen LogP contribution in [-0.2, 0) is 10.0 Å². The third kappa shape index (κ3) is 4.17. The summed E-state index contributed by atoms with van der Waals surface area (Å²) in [5.41, 5.74) is 0.817. The molecular weight excluding hydrogens is 333 g/mol. The van der Waals surface area contributed by atoms with Crippen molar-refractivity contribution in [1.29, 1.82) is 0 Å². The summed E-state index contributed by atoms with van der Waals surface area (Å²) in [5, 5.41) is 0. The van der Waals surface area contributed by atoms with Gasteiger partial charge in [-0.2, -0.15) is 0 Å². The van der Waals surface area contributed by atoms with E-state index in [-0.39, 0.29) is 10.6 Å². The SMILES string of the molecule is CCOc1ccc(S(=O)(=O)Nc2cc(F)ccc2C)cc1OCC. The summed E-state index contributed by atoms with van der Waals surface area (Å²) in [6.45, 7) is 6.13. The van der Waals surface area contributed by atoms with Crippen LogP contribution in [0.25, 0.3) is 0 Å². The fourth-order valence-corrected chi connectivity index (χ4v) is 3.24. The van der Waals surface area contributed by atoms with E-state index in [1.807, 2.05) is 6.92 Å². The number of hydrogen-bond donors (Lipinski definition) is 1. The van der Waals surface area contributed by atoms with Gasteiger partial charge in [0.25, 0.3) is 10.0 Å². The standard InChI is InChI=1S/C17H20FNO4S/c1-4-22-16-9-8-14(11-17(16)23-5-2)24(20,21)19-15-10-13(18)7-6-12(15)3/h6-11,19H,4-5H2,1-3H3. The van der Waals surface area contributed by atoms with Gasteiger partial charge < -0.3 is 9.47 Å². The second-order valence-corrected chi connectivity index (χ2v) is 6.72. The van der Waals surface area contributed by atoms with Crippen molar-refractivity contribution < 1.29 is 22.3 Å². The molecule has 0 saturated heterocycles. The summed E-state index contributed by atoms with van der Waals surface area (Å²) in [7, 11) is -3.88. The zero-order valence-electron chi connectivity index (χ0n) is 13.8. The zero-order valence-corrected chi connectivity index (χ0v) is 14.6. The molecule has 0 atom stereocenters. The second kappa shape index (κ2) is 7.53. The second-order valence-electron chi connectivity index (χ2n) is 5.04. The predicted molar refractivity (Wildman–Crippen MR) is 90.7 cm³/mol. The highest BCUT2D eigenvalue weighted by atomic mass is 32.2. The van der Waals surface area contributed by atoms with E-state index in [1.54, 1.807) is 19.9 Å². The molecule has 0 saturated carbocycles. The van der Waals surface area contributed by atoms with Gasteiger partial charge in [0.05, 0.1) is 23.8 Å². The maximum atomic E-state index is 13.4. The molecule has 0 amide bonds. The van der Waals surface area contributed by atoms with Gasteiger partial charge in [0, 0.05) is 6.07 Å². The maximum Gasteiger partial charge on any atom is 0.262 e. The normalized spacial score (nSPS) is 11.2. The summed E-state index contributed by atoms with van der Waals surface area (Å²) >= 11 is 0. The van der Waals surface area contributed by atoms with Crippen LogP contribution in [0.3, 0.4) is 0 Å². The molecule has 0 radical (unpaired) electrons. The van der Waals surface area contributed by atoms with Gasteiger partial charge in [0.15, 0.2) is 11.5 Å². The average Bonchev–Trinajstić information content (AvgIpc) is 2.53. The zero-order chi connectivity index (χ0) is 17.7. The van der Waals surface area contributed by atoms with Crippen LogP contribution in [0.1, 0.15) is 19.4 Å². The summed E-state index contributed by atoms with van der Waals surface area (Å²) in [5.74, 6) is 0.304. The molecule has 0 bridgehead atoms. The predicted octanol–water partition coefficient (Wildman–Crippen LogP) is 3.73. The van der Waals surface area contributed by atoms with Gasteiger partial charge in [-0.05, 0) is 50.6 Å². The van der Waals surface area contributed by atoms with E-state index in [2.05, 4.69) is 4.72 Å². The Balaban J connectivity index is 2.38. The number of ether oxygens (including phenoxy) is 2. The molecule has 0 aliphatic heterocycles. The molecule has 2 rings (SSSR count). The molecule has 0 fully saturated rings. The highest BCUT2D eigenvalue weighted by molar-refractivity contribution is 7.92. The van der Waals surface area contributed by atoms with Gasteiger partial charge in [-0.1, -0.05) is 6.07 Å². The van der Waals surface area contributed by atoms with E-state index < -0.39 is 15.8 Å². The average molecular weight is 353 g/mol. The van der Waals surface area contributed by atoms with Gasteiger partial charge in [-0.15, -0.1) is 0 Å². The molecule has 1 N–H and O–H groups in total. The smallest absolute Gasteiger partial charge is 0.262 e. The molecule has 0 aromatic heterocycles. The molecule has 2 aromatic carbocycles. The minimum Gasteiger partial charge on any atom is -0.490 e. The number of halogens is 1. The van der Waals surface area contributed by atoms with Crippen molar-refractivity contribution in [3.8, 4) is 11.5 Å². The van der Waals surface area contributed by atoms with E-state index in [0.717, 1.165) is 6.07 Å². The Morgan fingerprint density at radius 1 is 1.00 bits per heavy atom. The first-order chi connectivity index (χ1) is 11.4. The molecule has 0 unspecified atom stereocenters. The van der Waals surface area contributed by atoms with Crippen molar-refractivity contribution in [1.82, 2.24) is 0 Å². The van der Waals surface area contributed by atoms with Crippen LogP contribution in [0.15, 0.2) is 41.3 Å². The van der Waals surface area contributed by atoms with E-state index >= 15 is 0 Å². The minimum atomic E-state index is -3.88. The number of anilines is 1. The summed E-state index contributed by atoms with van der Waals surface area (Å²) < 4.78 is 51.7. The van der Waals surface area contributed by atoms with Gasteiger partial charge in [0.2, 0.25) is 0 Å². The molecule has 0 aliphatic rings. The lowest BCUT2D eigenvalue weighted by Crippen LogP contribution is -2.14. The van der Waals surface area contributed by atoms with Gasteiger partial charge >= 0.3 is 0 Å². The third-order valence-corrected chi connectivity index (χ3v) is 4.63. The Hall–Kier alpha value is -2.28. The number of nitrogens with one attached hydrogen (secondary N) is 1. The van der Waals surface area contributed by atoms with Crippen LogP contribution in [0, 0.1) is 12.7 Å². The number of sulfonamides is 1. The van der Waals surface area contributed by atoms with E-state index in [9.17, 15) is 12.8 Å². The molecule has 7 heteroatoms. The fraction of sp³-hybridized carbons (Fsp3) is 0.294. The van der Waals surface area contributed by atoms with Crippen molar-refractivity contribution in [2.75, 3.05) is 17.9 Å². The highest BCUT2D eigenvalue weighted by Gasteiger charge is 2.18. The summed E-state index contributed by atoms with van der Waals surface area (Å²) in [6.07, 6.45) is 0. The molecule has 130 valence electrons. The minimum absolute atomic E-state index is 0.0121. The lowest BCUT2D eigenvalue weighted by atomic mass is 10.2. The van der Waals surface area contributed by atoms with Crippen LogP contribution < -0.4 is 14.2 Å². The Kier molecular flexibility index (Phi) is 5.66. The first kappa shape index (κ1) is 18.1. The first-order valence-electron chi connectivity index (χ1n) is 7.56. The molecule has 0 spiro atoms. The molecule has 2 aromatic rings. The van der Waals surface area contributed by atoms with E-state index in [0.29, 0.717) is 30.3 Å². The van der Waals surface area contributed by atoms with Crippen molar-refractivity contribution in [2.45, 2.75) is 25.7 Å². The molecule has 24 heavy (non-hydrogen) atoms. The molecular formula is C17H20FNO4S. The number of benzene rings is 2. The van der Waals surface area contributed by atoms with Crippen LogP contribution in [-0.4, -0.2) is 21.6 Å². The molecule has 0 heterocycles.